The van der Waals surface area contributed by atoms with Crippen molar-refractivity contribution in [2.75, 3.05) is 0 Å². The molecule has 0 heterocycles. The van der Waals surface area contributed by atoms with Crippen LogP contribution in [0.25, 0.3) is 0 Å². The largest absolute Gasteiger partial charge is 0.342 e. The van der Waals surface area contributed by atoms with Crippen LogP contribution in [-0.4, -0.2) is 5.38 Å². The van der Waals surface area contributed by atoms with Gasteiger partial charge in [-0.1, -0.05) is 6.07 Å². The summed E-state index contributed by atoms with van der Waals surface area (Å²) < 4.78 is 50.7. The van der Waals surface area contributed by atoms with Crippen molar-refractivity contribution < 1.29 is 17.6 Å². The van der Waals surface area contributed by atoms with E-state index < -0.39 is 23.1 Å². The van der Waals surface area contributed by atoms with Gasteiger partial charge in [0.2, 0.25) is 0 Å². The Morgan fingerprint density at radius 3 is 2.27 bits per heavy atom. The monoisotopic (exact) mass is 242 g/mol. The van der Waals surface area contributed by atoms with Crippen LogP contribution in [0.1, 0.15) is 11.6 Å². The van der Waals surface area contributed by atoms with Gasteiger partial charge in [-0.15, -0.1) is 0 Å². The molecular formula is C8H7ClF4N2. The summed E-state index contributed by atoms with van der Waals surface area (Å²) in [5, 5.41) is -3.70. The molecule has 1 rings (SSSR count). The minimum Gasteiger partial charge on any atom is -0.271 e. The molecule has 0 spiro atoms. The number of halogens is 5. The zero-order valence-electron chi connectivity index (χ0n) is 7.28. The normalized spacial score (nSPS) is 14.0. The van der Waals surface area contributed by atoms with Crippen molar-refractivity contribution in [3.63, 3.8) is 0 Å². The minimum atomic E-state index is -3.70. The van der Waals surface area contributed by atoms with Crippen LogP contribution >= 0.6 is 11.6 Å². The Labute approximate surface area is 88.0 Å². The molecule has 0 saturated heterocycles. The van der Waals surface area contributed by atoms with Gasteiger partial charge in [0.05, 0.1) is 0 Å². The van der Waals surface area contributed by atoms with Gasteiger partial charge in [-0.25, -0.2) is 14.2 Å². The fourth-order valence-corrected chi connectivity index (χ4v) is 1.26. The maximum absolute atomic E-state index is 12.7. The first-order valence-corrected chi connectivity index (χ1v) is 4.22. The van der Waals surface area contributed by atoms with Gasteiger partial charge in [-0.2, -0.15) is 8.78 Å². The first-order chi connectivity index (χ1) is 6.86. The molecule has 1 aromatic rings. The van der Waals surface area contributed by atoms with Gasteiger partial charge in [0.25, 0.3) is 0 Å². The highest BCUT2D eigenvalue weighted by Gasteiger charge is 2.37. The Bertz CT molecular complexity index is 353. The predicted octanol–water partition coefficient (Wildman–Crippen LogP) is 2.30. The number of hydrogen-bond acceptors (Lipinski definition) is 2. The van der Waals surface area contributed by atoms with Crippen molar-refractivity contribution in [3.05, 3.63) is 35.4 Å². The molecular weight excluding hydrogens is 236 g/mol. The third-order valence-corrected chi connectivity index (χ3v) is 1.99. The number of nitrogens with one attached hydrogen (secondary N) is 1. The van der Waals surface area contributed by atoms with Crippen LogP contribution < -0.4 is 11.3 Å². The third kappa shape index (κ3) is 2.80. The fraction of sp³-hybridized carbons (Fsp3) is 0.250. The van der Waals surface area contributed by atoms with Gasteiger partial charge in [0, 0.05) is 0 Å². The second-order valence-electron chi connectivity index (χ2n) is 2.81. The predicted molar refractivity (Wildman–Crippen MR) is 47.2 cm³/mol. The lowest BCUT2D eigenvalue weighted by Crippen LogP contribution is -2.37. The number of nitrogens with two attached hydrogens (primary N) is 1. The number of hydrogen-bond donors (Lipinski definition) is 2. The van der Waals surface area contributed by atoms with E-state index in [1.54, 1.807) is 5.43 Å². The van der Waals surface area contributed by atoms with Gasteiger partial charge >= 0.3 is 5.38 Å². The molecule has 0 radical (unpaired) electrons. The molecule has 0 aliphatic heterocycles. The van der Waals surface area contributed by atoms with Crippen molar-refractivity contribution in [3.8, 4) is 0 Å². The lowest BCUT2D eigenvalue weighted by molar-refractivity contribution is 0.0496. The number of hydrazine groups is 1. The van der Waals surface area contributed by atoms with Crippen molar-refractivity contribution in [2.24, 2.45) is 5.84 Å². The van der Waals surface area contributed by atoms with Gasteiger partial charge in [-0.3, -0.25) is 5.84 Å². The zero-order chi connectivity index (χ0) is 11.6. The van der Waals surface area contributed by atoms with E-state index in [1.165, 1.54) is 0 Å². The first kappa shape index (κ1) is 12.2. The molecule has 15 heavy (non-hydrogen) atoms. The molecule has 0 aromatic heterocycles. The van der Waals surface area contributed by atoms with E-state index in [0.29, 0.717) is 6.07 Å². The van der Waals surface area contributed by atoms with Crippen molar-refractivity contribution in [2.45, 2.75) is 11.4 Å². The maximum Gasteiger partial charge on any atom is 0.342 e. The Balaban J connectivity index is 3.08. The average molecular weight is 243 g/mol. The molecule has 0 amide bonds. The molecule has 0 bridgehead atoms. The zero-order valence-corrected chi connectivity index (χ0v) is 8.03. The van der Waals surface area contributed by atoms with Crippen LogP contribution in [0.2, 0.25) is 0 Å². The first-order valence-electron chi connectivity index (χ1n) is 3.84. The summed E-state index contributed by atoms with van der Waals surface area (Å²) in [5.41, 5.74) is 1.49. The average Bonchev–Trinajstić information content (AvgIpc) is 2.10. The van der Waals surface area contributed by atoms with Crippen molar-refractivity contribution in [1.82, 2.24) is 5.43 Å². The topological polar surface area (TPSA) is 38.0 Å². The minimum absolute atomic E-state index is 0.239. The molecule has 84 valence electrons. The van der Waals surface area contributed by atoms with Crippen LogP contribution in [0.3, 0.4) is 0 Å². The van der Waals surface area contributed by atoms with Gasteiger partial charge in [0.15, 0.2) is 11.6 Å². The van der Waals surface area contributed by atoms with E-state index in [0.717, 1.165) is 12.1 Å². The van der Waals surface area contributed by atoms with Crippen molar-refractivity contribution >= 4 is 11.6 Å². The second kappa shape index (κ2) is 4.34. The molecule has 2 nitrogen and oxygen atoms in total. The highest BCUT2D eigenvalue weighted by Crippen LogP contribution is 2.34. The Hall–Kier alpha value is -0.850. The molecule has 1 unspecified atom stereocenters. The summed E-state index contributed by atoms with van der Waals surface area (Å²) in [4.78, 5) is 0. The molecule has 0 aliphatic carbocycles. The highest BCUT2D eigenvalue weighted by molar-refractivity contribution is 6.22. The molecule has 3 N–H and O–H groups in total. The van der Waals surface area contributed by atoms with E-state index in [2.05, 4.69) is 0 Å². The van der Waals surface area contributed by atoms with E-state index in [9.17, 15) is 17.6 Å². The van der Waals surface area contributed by atoms with E-state index >= 15 is 0 Å². The summed E-state index contributed by atoms with van der Waals surface area (Å²) >= 11 is 4.73. The van der Waals surface area contributed by atoms with Crippen LogP contribution in [-0.2, 0) is 0 Å². The third-order valence-electron chi connectivity index (χ3n) is 1.77. The molecule has 0 fully saturated rings. The molecule has 0 saturated carbocycles. The SMILES string of the molecule is NNC(c1ccc(F)c(F)c1)C(F)(F)Cl. The highest BCUT2D eigenvalue weighted by atomic mass is 35.5. The smallest absolute Gasteiger partial charge is 0.271 e. The van der Waals surface area contributed by atoms with Crippen molar-refractivity contribution in [1.29, 1.82) is 0 Å². The van der Waals surface area contributed by atoms with Gasteiger partial charge in [0.1, 0.15) is 6.04 Å². The molecule has 7 heteroatoms. The number of rotatable bonds is 3. The van der Waals surface area contributed by atoms with Crippen LogP contribution in [0.5, 0.6) is 0 Å². The van der Waals surface area contributed by atoms with Crippen LogP contribution in [0.15, 0.2) is 18.2 Å². The Morgan fingerprint density at radius 2 is 1.87 bits per heavy atom. The lowest BCUT2D eigenvalue weighted by Gasteiger charge is -2.20. The summed E-state index contributed by atoms with van der Waals surface area (Å²) in [7, 11) is 0. The Kier molecular flexibility index (Phi) is 3.54. The standard InChI is InChI=1S/C8H7ClF4N2/c9-8(12,13)7(15-14)4-1-2-5(10)6(11)3-4/h1-3,7,15H,14H2. The summed E-state index contributed by atoms with van der Waals surface area (Å²) in [6.07, 6.45) is 0. The molecule has 1 atom stereocenters. The van der Waals surface area contributed by atoms with Crippen LogP contribution in [0, 0.1) is 11.6 Å². The van der Waals surface area contributed by atoms with E-state index in [1.807, 2.05) is 0 Å². The molecule has 1 aromatic carbocycles. The van der Waals surface area contributed by atoms with Crippen LogP contribution in [0.4, 0.5) is 17.6 Å². The fourth-order valence-electron chi connectivity index (χ4n) is 1.07. The summed E-state index contributed by atoms with van der Waals surface area (Å²) in [5.74, 6) is 2.47. The Morgan fingerprint density at radius 1 is 1.27 bits per heavy atom. The summed E-state index contributed by atoms with van der Waals surface area (Å²) in [6, 6.07) is 0.516. The summed E-state index contributed by atoms with van der Waals surface area (Å²) in [6.45, 7) is 0. The van der Waals surface area contributed by atoms with Gasteiger partial charge in [-0.05, 0) is 29.3 Å². The maximum atomic E-state index is 12.7. The van der Waals surface area contributed by atoms with Gasteiger partial charge < -0.3 is 0 Å². The molecule has 0 aliphatic rings. The second-order valence-corrected chi connectivity index (χ2v) is 3.32. The number of alkyl halides is 3. The number of benzene rings is 1. The van der Waals surface area contributed by atoms with E-state index in [-0.39, 0.29) is 5.56 Å². The quantitative estimate of drug-likeness (QED) is 0.369. The lowest BCUT2D eigenvalue weighted by atomic mass is 10.1. The van der Waals surface area contributed by atoms with E-state index in [4.69, 9.17) is 17.4 Å².